The molecule has 0 aliphatic rings. The molecule has 29 heavy (non-hydrogen) atoms. The Bertz CT molecular complexity index is 972. The second-order valence-electron chi connectivity index (χ2n) is 6.82. The molecule has 0 N–H and O–H groups in total. The lowest BCUT2D eigenvalue weighted by Crippen LogP contribution is -1.96. The van der Waals surface area contributed by atoms with Gasteiger partial charge in [0.25, 0.3) is 0 Å². The van der Waals surface area contributed by atoms with Crippen molar-refractivity contribution in [2.24, 2.45) is 0 Å². The number of rotatable bonds is 9. The highest BCUT2D eigenvalue weighted by Crippen LogP contribution is 2.27. The molecule has 148 valence electrons. The van der Waals surface area contributed by atoms with Crippen molar-refractivity contribution in [2.75, 3.05) is 12.0 Å². The Morgan fingerprint density at radius 3 is 1.79 bits per heavy atom. The van der Waals surface area contributed by atoms with E-state index in [9.17, 15) is 0 Å². The van der Waals surface area contributed by atoms with Crippen LogP contribution in [0.5, 0.6) is 0 Å². The van der Waals surface area contributed by atoms with Crippen molar-refractivity contribution < 1.29 is 0 Å². The Hall–Kier alpha value is -2.23. The average molecular weight is 418 g/mol. The first kappa shape index (κ1) is 21.5. The predicted octanol–water partition coefficient (Wildman–Crippen LogP) is 7.82. The zero-order valence-electron chi connectivity index (χ0n) is 17.2. The molecule has 0 saturated carbocycles. The number of unbranched alkanes of at least 4 members (excludes halogenated alkanes) is 1. The van der Waals surface area contributed by atoms with Crippen molar-refractivity contribution in [1.29, 1.82) is 0 Å². The van der Waals surface area contributed by atoms with Crippen LogP contribution in [0.2, 0.25) is 0 Å². The van der Waals surface area contributed by atoms with E-state index in [0.29, 0.717) is 0 Å². The third-order valence-corrected chi connectivity index (χ3v) is 6.62. The van der Waals surface area contributed by atoms with E-state index in [1.54, 1.807) is 11.8 Å². The van der Waals surface area contributed by atoms with Crippen LogP contribution in [-0.4, -0.2) is 17.0 Å². The Labute approximate surface area is 183 Å². The first-order valence-electron chi connectivity index (χ1n) is 9.85. The smallest absolute Gasteiger partial charge is 0.0709 e. The van der Waals surface area contributed by atoms with Crippen molar-refractivity contribution in [2.45, 2.75) is 29.6 Å². The maximum atomic E-state index is 4.84. The summed E-state index contributed by atoms with van der Waals surface area (Å²) in [4.78, 5) is 7.39. The van der Waals surface area contributed by atoms with Gasteiger partial charge in [-0.15, -0.1) is 23.5 Å². The first-order chi connectivity index (χ1) is 14.1. The maximum absolute atomic E-state index is 4.84. The zero-order chi connectivity index (χ0) is 20.6. The summed E-state index contributed by atoms with van der Waals surface area (Å²) in [5, 5.41) is 0. The minimum Gasteiger partial charge on any atom is -0.248 e. The minimum atomic E-state index is 0.882. The molecule has 3 aromatic rings. The zero-order valence-corrected chi connectivity index (χ0v) is 18.8. The summed E-state index contributed by atoms with van der Waals surface area (Å²) in [6.45, 7) is 10.8. The van der Waals surface area contributed by atoms with Crippen LogP contribution in [0.3, 0.4) is 0 Å². The number of hydrogen-bond acceptors (Lipinski definition) is 3. The summed E-state index contributed by atoms with van der Waals surface area (Å²) in [7, 11) is 0. The molecule has 1 nitrogen and oxygen atoms in total. The van der Waals surface area contributed by atoms with Gasteiger partial charge in [0, 0.05) is 20.9 Å². The summed E-state index contributed by atoms with van der Waals surface area (Å²) in [6, 6.07) is 23.1. The van der Waals surface area contributed by atoms with Crippen molar-refractivity contribution in [3.63, 3.8) is 0 Å². The van der Waals surface area contributed by atoms with Crippen LogP contribution >= 0.6 is 23.5 Å². The number of hydrogen-bond donors (Lipinski definition) is 0. The van der Waals surface area contributed by atoms with E-state index in [-0.39, 0.29) is 0 Å². The number of aromatic nitrogens is 1. The molecule has 1 aromatic heterocycles. The average Bonchev–Trinajstić information content (AvgIpc) is 2.79. The molecule has 1 heterocycles. The fraction of sp³-hybridized carbons (Fsp3) is 0.192. The monoisotopic (exact) mass is 417 g/mol. The molecule has 3 heteroatoms. The van der Waals surface area contributed by atoms with Crippen molar-refractivity contribution >= 4 is 34.7 Å². The van der Waals surface area contributed by atoms with Crippen molar-refractivity contribution in [1.82, 2.24) is 4.98 Å². The number of benzene rings is 2. The summed E-state index contributed by atoms with van der Waals surface area (Å²) < 4.78 is 0. The van der Waals surface area contributed by atoms with Gasteiger partial charge in [0.15, 0.2) is 0 Å². The van der Waals surface area contributed by atoms with Crippen LogP contribution in [0.15, 0.2) is 89.7 Å². The molecular formula is C26H27NS2. The molecule has 0 spiro atoms. The number of nitrogens with zero attached hydrogens (tertiary/aromatic N) is 1. The van der Waals surface area contributed by atoms with E-state index in [0.717, 1.165) is 33.7 Å². The highest BCUT2D eigenvalue weighted by Gasteiger charge is 2.09. The first-order valence-corrected chi connectivity index (χ1v) is 12.1. The van der Waals surface area contributed by atoms with E-state index in [1.807, 2.05) is 30.0 Å². The van der Waals surface area contributed by atoms with Crippen LogP contribution in [0.1, 0.15) is 42.3 Å². The second kappa shape index (κ2) is 10.5. The molecule has 2 aromatic carbocycles. The van der Waals surface area contributed by atoms with Gasteiger partial charge in [-0.2, -0.15) is 0 Å². The maximum Gasteiger partial charge on any atom is 0.0709 e. The second-order valence-corrected chi connectivity index (χ2v) is 8.87. The van der Waals surface area contributed by atoms with E-state index < -0.39 is 0 Å². The molecule has 0 saturated heterocycles. The highest BCUT2D eigenvalue weighted by molar-refractivity contribution is 7.99. The standard InChI is InChI=1S/C26H27NS2/c1-5-6-18-29-24-16-12-22(13-17-24)20(3)26-9-7-8-25(27-26)19(2)21-10-14-23(28-4)15-11-21/h7-17H,2-3,5-6,18H2,1,4H3. The summed E-state index contributed by atoms with van der Waals surface area (Å²) in [5.41, 5.74) is 5.82. The molecule has 0 aliphatic carbocycles. The molecule has 0 unspecified atom stereocenters. The Balaban J connectivity index is 1.75. The van der Waals surface area contributed by atoms with E-state index in [2.05, 4.69) is 74.9 Å². The van der Waals surface area contributed by atoms with Gasteiger partial charge in [-0.05, 0) is 66.0 Å². The fourth-order valence-electron chi connectivity index (χ4n) is 2.95. The van der Waals surface area contributed by atoms with Crippen LogP contribution in [0, 0.1) is 0 Å². The predicted molar refractivity (Wildman–Crippen MR) is 131 cm³/mol. The minimum absolute atomic E-state index is 0.882. The molecule has 0 bridgehead atoms. The van der Waals surface area contributed by atoms with Crippen molar-refractivity contribution in [3.05, 3.63) is 102 Å². The number of thioether (sulfide) groups is 2. The molecule has 0 aliphatic heterocycles. The SMILES string of the molecule is C=C(c1ccc(SC)cc1)c1cccc(C(=C)c2ccc(SCCCC)cc2)n1. The highest BCUT2D eigenvalue weighted by atomic mass is 32.2. The molecule has 0 fully saturated rings. The summed E-state index contributed by atoms with van der Waals surface area (Å²) in [6.07, 6.45) is 4.56. The lowest BCUT2D eigenvalue weighted by atomic mass is 10.0. The third-order valence-electron chi connectivity index (χ3n) is 4.78. The van der Waals surface area contributed by atoms with Gasteiger partial charge in [0.05, 0.1) is 11.4 Å². The van der Waals surface area contributed by atoms with Gasteiger partial charge in [-0.25, -0.2) is 4.98 Å². The quantitative estimate of drug-likeness (QED) is 0.260. The van der Waals surface area contributed by atoms with E-state index in [4.69, 9.17) is 4.98 Å². The van der Waals surface area contributed by atoms with Gasteiger partial charge in [0.2, 0.25) is 0 Å². The molecule has 3 rings (SSSR count). The normalized spacial score (nSPS) is 10.7. The molecular weight excluding hydrogens is 390 g/mol. The van der Waals surface area contributed by atoms with E-state index >= 15 is 0 Å². The van der Waals surface area contributed by atoms with Crippen LogP contribution in [0.25, 0.3) is 11.1 Å². The van der Waals surface area contributed by atoms with Crippen molar-refractivity contribution in [3.8, 4) is 0 Å². The summed E-state index contributed by atoms with van der Waals surface area (Å²) in [5.74, 6) is 1.17. The van der Waals surface area contributed by atoms with E-state index in [1.165, 1.54) is 28.4 Å². The van der Waals surface area contributed by atoms with Crippen LogP contribution < -0.4 is 0 Å². The largest absolute Gasteiger partial charge is 0.248 e. The van der Waals surface area contributed by atoms with Crippen LogP contribution in [-0.2, 0) is 0 Å². The lowest BCUT2D eigenvalue weighted by Gasteiger charge is -2.11. The molecule has 0 radical (unpaired) electrons. The van der Waals surface area contributed by atoms with Gasteiger partial charge in [0.1, 0.15) is 0 Å². The fourth-order valence-corrected chi connectivity index (χ4v) is 4.35. The molecule has 0 atom stereocenters. The lowest BCUT2D eigenvalue weighted by molar-refractivity contribution is 0.896. The third kappa shape index (κ3) is 5.65. The number of pyridine rings is 1. The van der Waals surface area contributed by atoms with Gasteiger partial charge >= 0.3 is 0 Å². The van der Waals surface area contributed by atoms with Gasteiger partial charge in [-0.3, -0.25) is 0 Å². The van der Waals surface area contributed by atoms with Crippen LogP contribution in [0.4, 0.5) is 0 Å². The Morgan fingerprint density at radius 2 is 1.31 bits per heavy atom. The Morgan fingerprint density at radius 1 is 0.793 bits per heavy atom. The molecule has 0 amide bonds. The van der Waals surface area contributed by atoms with Gasteiger partial charge < -0.3 is 0 Å². The topological polar surface area (TPSA) is 12.9 Å². The van der Waals surface area contributed by atoms with Gasteiger partial charge in [-0.1, -0.05) is 56.8 Å². The Kier molecular flexibility index (Phi) is 7.79. The summed E-state index contributed by atoms with van der Waals surface area (Å²) >= 11 is 3.65.